The number of anilines is 1. The molecule has 0 aliphatic heterocycles. The second-order valence-electron chi connectivity index (χ2n) is 4.68. The Labute approximate surface area is 148 Å². The highest BCUT2D eigenvalue weighted by atomic mass is 79.9. The van der Waals surface area contributed by atoms with Crippen molar-refractivity contribution < 1.29 is 14.3 Å². The van der Waals surface area contributed by atoms with Gasteiger partial charge in [-0.05, 0) is 40.2 Å². The molecule has 1 amide bonds. The van der Waals surface area contributed by atoms with Gasteiger partial charge in [0.2, 0.25) is 5.91 Å². The molecule has 0 unspecified atom stereocenters. The number of para-hydroxylation sites is 1. The van der Waals surface area contributed by atoms with E-state index in [2.05, 4.69) is 15.9 Å². The molecule has 120 valence electrons. The first-order chi connectivity index (χ1) is 11.0. The SMILES string of the molecule is COC(=O)c1ccccc1N(C)C(=O)CSc1ccccc1Br. The van der Waals surface area contributed by atoms with Crippen molar-refractivity contribution in [2.24, 2.45) is 0 Å². The number of rotatable bonds is 5. The van der Waals surface area contributed by atoms with Gasteiger partial charge in [-0.25, -0.2) is 4.79 Å². The van der Waals surface area contributed by atoms with Crippen LogP contribution in [0.5, 0.6) is 0 Å². The van der Waals surface area contributed by atoms with E-state index in [1.807, 2.05) is 24.3 Å². The summed E-state index contributed by atoms with van der Waals surface area (Å²) in [7, 11) is 2.98. The van der Waals surface area contributed by atoms with Gasteiger partial charge in [-0.15, -0.1) is 11.8 Å². The van der Waals surface area contributed by atoms with E-state index in [1.165, 1.54) is 23.8 Å². The average molecular weight is 394 g/mol. The fourth-order valence-electron chi connectivity index (χ4n) is 1.98. The molecular weight excluding hydrogens is 378 g/mol. The standard InChI is InChI=1S/C17H16BrNO3S/c1-19(14-9-5-3-7-12(14)17(21)22-2)16(20)11-23-15-10-6-4-8-13(15)18/h3-10H,11H2,1-2H3. The van der Waals surface area contributed by atoms with Crippen LogP contribution in [-0.2, 0) is 9.53 Å². The fraction of sp³-hybridized carbons (Fsp3) is 0.176. The third-order valence-electron chi connectivity index (χ3n) is 3.23. The van der Waals surface area contributed by atoms with Crippen LogP contribution in [0.1, 0.15) is 10.4 Å². The van der Waals surface area contributed by atoms with Gasteiger partial charge in [0, 0.05) is 16.4 Å². The molecule has 0 radical (unpaired) electrons. The Balaban J connectivity index is 2.11. The molecule has 6 heteroatoms. The van der Waals surface area contributed by atoms with Gasteiger partial charge in [-0.1, -0.05) is 24.3 Å². The molecule has 23 heavy (non-hydrogen) atoms. The van der Waals surface area contributed by atoms with Gasteiger partial charge in [0.05, 0.1) is 24.1 Å². The number of halogens is 1. The van der Waals surface area contributed by atoms with E-state index in [9.17, 15) is 9.59 Å². The second-order valence-corrected chi connectivity index (χ2v) is 6.55. The Morgan fingerprint density at radius 1 is 1.13 bits per heavy atom. The van der Waals surface area contributed by atoms with Crippen LogP contribution in [0.4, 0.5) is 5.69 Å². The smallest absolute Gasteiger partial charge is 0.339 e. The largest absolute Gasteiger partial charge is 0.465 e. The topological polar surface area (TPSA) is 46.6 Å². The van der Waals surface area contributed by atoms with E-state index in [0.717, 1.165) is 9.37 Å². The first-order valence-corrected chi connectivity index (χ1v) is 8.63. The maximum atomic E-state index is 12.4. The molecule has 2 aromatic carbocycles. The average Bonchev–Trinajstić information content (AvgIpc) is 2.59. The highest BCUT2D eigenvalue weighted by Crippen LogP contribution is 2.28. The normalized spacial score (nSPS) is 10.2. The molecule has 0 saturated carbocycles. The van der Waals surface area contributed by atoms with E-state index in [0.29, 0.717) is 11.3 Å². The van der Waals surface area contributed by atoms with Gasteiger partial charge in [-0.2, -0.15) is 0 Å². The second kappa shape index (κ2) is 8.17. The highest BCUT2D eigenvalue weighted by Gasteiger charge is 2.19. The first-order valence-electron chi connectivity index (χ1n) is 6.86. The first kappa shape index (κ1) is 17.6. The van der Waals surface area contributed by atoms with Crippen molar-refractivity contribution in [3.8, 4) is 0 Å². The minimum Gasteiger partial charge on any atom is -0.465 e. The van der Waals surface area contributed by atoms with Gasteiger partial charge in [0.25, 0.3) is 0 Å². The minimum absolute atomic E-state index is 0.0953. The Morgan fingerprint density at radius 3 is 2.48 bits per heavy atom. The zero-order valence-corrected chi connectivity index (χ0v) is 15.2. The summed E-state index contributed by atoms with van der Waals surface area (Å²) in [5.41, 5.74) is 0.911. The lowest BCUT2D eigenvalue weighted by atomic mass is 10.1. The van der Waals surface area contributed by atoms with Gasteiger partial charge >= 0.3 is 5.97 Å². The van der Waals surface area contributed by atoms with E-state index in [1.54, 1.807) is 31.3 Å². The van der Waals surface area contributed by atoms with Crippen molar-refractivity contribution in [2.75, 3.05) is 24.8 Å². The highest BCUT2D eigenvalue weighted by molar-refractivity contribution is 9.10. The summed E-state index contributed by atoms with van der Waals surface area (Å²) in [4.78, 5) is 26.7. The summed E-state index contributed by atoms with van der Waals surface area (Å²) in [6.07, 6.45) is 0. The number of esters is 1. The van der Waals surface area contributed by atoms with Crippen molar-refractivity contribution in [1.82, 2.24) is 0 Å². The fourth-order valence-corrected chi connectivity index (χ4v) is 3.46. The number of nitrogens with zero attached hydrogens (tertiary/aromatic N) is 1. The molecule has 0 aliphatic carbocycles. The Kier molecular flexibility index (Phi) is 6.24. The number of carbonyl (C=O) groups is 2. The van der Waals surface area contributed by atoms with Crippen molar-refractivity contribution >= 4 is 45.3 Å². The van der Waals surface area contributed by atoms with E-state index < -0.39 is 5.97 Å². The molecule has 0 saturated heterocycles. The van der Waals surface area contributed by atoms with Gasteiger partial charge in [0.15, 0.2) is 0 Å². The van der Waals surface area contributed by atoms with Gasteiger partial charge in [-0.3, -0.25) is 4.79 Å². The monoisotopic (exact) mass is 393 g/mol. The van der Waals surface area contributed by atoms with Gasteiger partial charge in [0.1, 0.15) is 0 Å². The van der Waals surface area contributed by atoms with E-state index >= 15 is 0 Å². The Morgan fingerprint density at radius 2 is 1.78 bits per heavy atom. The minimum atomic E-state index is -0.460. The summed E-state index contributed by atoms with van der Waals surface area (Å²) in [5.74, 6) is -0.282. The Hall–Kier alpha value is -1.79. The molecule has 0 bridgehead atoms. The Bertz CT molecular complexity index is 720. The maximum Gasteiger partial charge on any atom is 0.339 e. The summed E-state index contributed by atoms with van der Waals surface area (Å²) >= 11 is 4.91. The van der Waals surface area contributed by atoms with Crippen LogP contribution in [0.25, 0.3) is 0 Å². The predicted octanol–water partition coefficient (Wildman–Crippen LogP) is 3.99. The molecule has 0 atom stereocenters. The van der Waals surface area contributed by atoms with Crippen LogP contribution >= 0.6 is 27.7 Å². The summed E-state index contributed by atoms with van der Waals surface area (Å²) in [6, 6.07) is 14.6. The quantitative estimate of drug-likeness (QED) is 0.568. The van der Waals surface area contributed by atoms with Crippen molar-refractivity contribution in [3.63, 3.8) is 0 Å². The van der Waals surface area contributed by atoms with Crippen LogP contribution in [0.2, 0.25) is 0 Å². The zero-order chi connectivity index (χ0) is 16.8. The maximum absolute atomic E-state index is 12.4. The third-order valence-corrected chi connectivity index (χ3v) is 5.24. The van der Waals surface area contributed by atoms with Crippen LogP contribution < -0.4 is 4.90 Å². The number of thioether (sulfide) groups is 1. The molecule has 4 nitrogen and oxygen atoms in total. The molecule has 2 aromatic rings. The lowest BCUT2D eigenvalue weighted by Gasteiger charge is -2.19. The number of carbonyl (C=O) groups excluding carboxylic acids is 2. The van der Waals surface area contributed by atoms with Gasteiger partial charge < -0.3 is 9.64 Å². The number of amides is 1. The molecule has 0 aliphatic rings. The molecule has 0 fully saturated rings. The van der Waals surface area contributed by atoms with Crippen molar-refractivity contribution in [3.05, 3.63) is 58.6 Å². The molecule has 0 spiro atoms. The van der Waals surface area contributed by atoms with Crippen molar-refractivity contribution in [1.29, 1.82) is 0 Å². The van der Waals surface area contributed by atoms with E-state index in [4.69, 9.17) is 4.74 Å². The molecule has 0 heterocycles. The van der Waals surface area contributed by atoms with Crippen LogP contribution in [-0.4, -0.2) is 31.8 Å². The number of hydrogen-bond acceptors (Lipinski definition) is 4. The third kappa shape index (κ3) is 4.36. The molecule has 0 aromatic heterocycles. The summed E-state index contributed by atoms with van der Waals surface area (Å²) in [6.45, 7) is 0. The van der Waals surface area contributed by atoms with E-state index in [-0.39, 0.29) is 11.7 Å². The number of methoxy groups -OCH3 is 1. The number of benzene rings is 2. The molecule has 0 N–H and O–H groups in total. The number of hydrogen-bond donors (Lipinski definition) is 0. The summed E-state index contributed by atoms with van der Waals surface area (Å²) < 4.78 is 5.72. The van der Waals surface area contributed by atoms with Crippen LogP contribution in [0, 0.1) is 0 Å². The molecule has 2 rings (SSSR count). The van der Waals surface area contributed by atoms with Crippen LogP contribution in [0.3, 0.4) is 0 Å². The zero-order valence-electron chi connectivity index (χ0n) is 12.8. The number of ether oxygens (including phenoxy) is 1. The van der Waals surface area contributed by atoms with Crippen molar-refractivity contribution in [2.45, 2.75) is 4.90 Å². The lowest BCUT2D eigenvalue weighted by molar-refractivity contribution is -0.115. The predicted molar refractivity (Wildman–Crippen MR) is 96.1 cm³/mol. The lowest BCUT2D eigenvalue weighted by Crippen LogP contribution is -2.29. The van der Waals surface area contributed by atoms with Crippen LogP contribution in [0.15, 0.2) is 57.9 Å². The summed E-state index contributed by atoms with van der Waals surface area (Å²) in [5, 5.41) is 0. The molecular formula is C17H16BrNO3S.